The van der Waals surface area contributed by atoms with Crippen LogP contribution in [-0.2, 0) is 7.05 Å². The van der Waals surface area contributed by atoms with Gasteiger partial charge in [0.15, 0.2) is 0 Å². The fourth-order valence-electron chi connectivity index (χ4n) is 2.67. The number of fused-ring (bicyclic) bond motifs is 1. The molecule has 1 N–H and O–H groups in total. The van der Waals surface area contributed by atoms with Gasteiger partial charge in [-0.05, 0) is 25.1 Å². The van der Waals surface area contributed by atoms with Gasteiger partial charge in [-0.25, -0.2) is 4.98 Å². The van der Waals surface area contributed by atoms with Crippen LogP contribution in [0.4, 0.5) is 5.95 Å². The van der Waals surface area contributed by atoms with Crippen LogP contribution in [-0.4, -0.2) is 42.8 Å². The molecule has 1 aliphatic heterocycles. The Morgan fingerprint density at radius 3 is 3.00 bits per heavy atom. The largest absolute Gasteiger partial charge is 0.494 e. The Hall–Kier alpha value is -1.75. The van der Waals surface area contributed by atoms with Crippen molar-refractivity contribution < 1.29 is 4.74 Å². The Balaban J connectivity index is 2.06. The summed E-state index contributed by atoms with van der Waals surface area (Å²) in [5.74, 6) is 1.87. The maximum Gasteiger partial charge on any atom is 0.206 e. The Labute approximate surface area is 113 Å². The van der Waals surface area contributed by atoms with E-state index in [2.05, 4.69) is 27.9 Å². The predicted molar refractivity (Wildman–Crippen MR) is 77.0 cm³/mol. The van der Waals surface area contributed by atoms with E-state index in [0.717, 1.165) is 55.3 Å². The van der Waals surface area contributed by atoms with Gasteiger partial charge in [-0.1, -0.05) is 6.07 Å². The second-order valence-corrected chi connectivity index (χ2v) is 4.89. The summed E-state index contributed by atoms with van der Waals surface area (Å²) in [6.45, 7) is 4.15. The molecule has 1 aromatic carbocycles. The molecule has 0 bridgehead atoms. The molecule has 0 spiro atoms. The number of hydrogen-bond acceptors (Lipinski definition) is 4. The van der Waals surface area contributed by atoms with Gasteiger partial charge in [0.2, 0.25) is 5.95 Å². The number of aryl methyl sites for hydroxylation is 1. The molecule has 0 atom stereocenters. The number of benzene rings is 1. The van der Waals surface area contributed by atoms with Crippen molar-refractivity contribution in [2.24, 2.45) is 7.05 Å². The molecule has 5 nitrogen and oxygen atoms in total. The molecule has 2 heterocycles. The van der Waals surface area contributed by atoms with Gasteiger partial charge < -0.3 is 19.5 Å². The second kappa shape index (κ2) is 5.09. The molecular weight excluding hydrogens is 240 g/mol. The van der Waals surface area contributed by atoms with Gasteiger partial charge in [-0.3, -0.25) is 0 Å². The third kappa shape index (κ3) is 2.14. The number of para-hydroxylation sites is 1. The summed E-state index contributed by atoms with van der Waals surface area (Å²) in [5, 5.41) is 3.42. The van der Waals surface area contributed by atoms with E-state index >= 15 is 0 Å². The van der Waals surface area contributed by atoms with Gasteiger partial charge in [0, 0.05) is 26.7 Å². The highest BCUT2D eigenvalue weighted by atomic mass is 16.5. The van der Waals surface area contributed by atoms with E-state index in [1.807, 2.05) is 12.1 Å². The number of ether oxygens (including phenoxy) is 1. The van der Waals surface area contributed by atoms with E-state index in [1.165, 1.54) is 0 Å². The van der Waals surface area contributed by atoms with Crippen LogP contribution in [0.25, 0.3) is 11.0 Å². The smallest absolute Gasteiger partial charge is 0.206 e. The van der Waals surface area contributed by atoms with E-state index in [9.17, 15) is 0 Å². The first-order valence-corrected chi connectivity index (χ1v) is 6.76. The predicted octanol–water partition coefficient (Wildman–Crippen LogP) is 1.38. The lowest BCUT2D eigenvalue weighted by atomic mass is 10.3. The topological polar surface area (TPSA) is 42.3 Å². The Morgan fingerprint density at radius 2 is 2.16 bits per heavy atom. The van der Waals surface area contributed by atoms with Crippen molar-refractivity contribution in [2.45, 2.75) is 6.42 Å². The van der Waals surface area contributed by atoms with Crippen molar-refractivity contribution in [1.82, 2.24) is 14.9 Å². The molecule has 2 aromatic rings. The van der Waals surface area contributed by atoms with Crippen LogP contribution in [0.1, 0.15) is 6.42 Å². The molecule has 1 aromatic heterocycles. The average molecular weight is 260 g/mol. The Kier molecular flexibility index (Phi) is 3.29. The lowest BCUT2D eigenvalue weighted by molar-refractivity contribution is 0.419. The minimum atomic E-state index is 0.840. The zero-order valence-electron chi connectivity index (χ0n) is 11.5. The highest BCUT2D eigenvalue weighted by Crippen LogP contribution is 2.28. The van der Waals surface area contributed by atoms with Gasteiger partial charge in [0.1, 0.15) is 11.3 Å². The Morgan fingerprint density at radius 1 is 1.26 bits per heavy atom. The number of hydrogen-bond donors (Lipinski definition) is 1. The summed E-state index contributed by atoms with van der Waals surface area (Å²) in [5.41, 5.74) is 2.06. The number of aromatic nitrogens is 2. The van der Waals surface area contributed by atoms with Gasteiger partial charge in [0.05, 0.1) is 12.6 Å². The molecule has 3 rings (SSSR count). The first-order chi connectivity index (χ1) is 9.31. The first-order valence-electron chi connectivity index (χ1n) is 6.76. The van der Waals surface area contributed by atoms with Crippen molar-refractivity contribution in [2.75, 3.05) is 38.2 Å². The molecule has 0 radical (unpaired) electrons. The molecule has 19 heavy (non-hydrogen) atoms. The quantitative estimate of drug-likeness (QED) is 0.886. The monoisotopic (exact) mass is 260 g/mol. The van der Waals surface area contributed by atoms with Gasteiger partial charge in [0.25, 0.3) is 0 Å². The van der Waals surface area contributed by atoms with Crippen LogP contribution in [0.2, 0.25) is 0 Å². The van der Waals surface area contributed by atoms with Crippen molar-refractivity contribution >= 4 is 17.0 Å². The van der Waals surface area contributed by atoms with Gasteiger partial charge in [-0.15, -0.1) is 0 Å². The molecule has 102 valence electrons. The zero-order chi connectivity index (χ0) is 13.2. The number of anilines is 1. The van der Waals surface area contributed by atoms with E-state index in [0.29, 0.717) is 0 Å². The summed E-state index contributed by atoms with van der Waals surface area (Å²) in [4.78, 5) is 7.13. The maximum absolute atomic E-state index is 5.40. The standard InChI is InChI=1S/C14H20N4O/c1-17-11-5-3-6-12(19-2)13(11)16-14(17)18-9-4-7-15-8-10-18/h3,5-6,15H,4,7-10H2,1-2H3. The maximum atomic E-state index is 5.40. The van der Waals surface area contributed by atoms with E-state index in [1.54, 1.807) is 7.11 Å². The Bertz CT molecular complexity index is 570. The summed E-state index contributed by atoms with van der Waals surface area (Å²) in [6.07, 6.45) is 1.15. The summed E-state index contributed by atoms with van der Waals surface area (Å²) < 4.78 is 7.56. The fraction of sp³-hybridized carbons (Fsp3) is 0.500. The van der Waals surface area contributed by atoms with Crippen LogP contribution < -0.4 is 15.0 Å². The molecule has 0 aliphatic carbocycles. The molecule has 1 fully saturated rings. The number of imidazole rings is 1. The molecule has 0 amide bonds. The van der Waals surface area contributed by atoms with Crippen molar-refractivity contribution in [3.63, 3.8) is 0 Å². The summed E-state index contributed by atoms with van der Waals surface area (Å²) >= 11 is 0. The van der Waals surface area contributed by atoms with Crippen LogP contribution in [0.5, 0.6) is 5.75 Å². The average Bonchev–Trinajstić information content (AvgIpc) is 2.65. The molecule has 0 unspecified atom stereocenters. The number of nitrogens with one attached hydrogen (secondary N) is 1. The zero-order valence-corrected chi connectivity index (χ0v) is 11.5. The SMILES string of the molecule is COc1cccc2c1nc(N1CCCNCC1)n2C. The van der Waals surface area contributed by atoms with Crippen LogP contribution in [0.3, 0.4) is 0 Å². The molecule has 5 heteroatoms. The molecule has 1 aliphatic rings. The van der Waals surface area contributed by atoms with E-state index in [4.69, 9.17) is 9.72 Å². The highest BCUT2D eigenvalue weighted by molar-refractivity contribution is 5.84. The number of methoxy groups -OCH3 is 1. The molecule has 1 saturated heterocycles. The first kappa shape index (κ1) is 12.3. The van der Waals surface area contributed by atoms with Crippen molar-refractivity contribution in [3.8, 4) is 5.75 Å². The highest BCUT2D eigenvalue weighted by Gasteiger charge is 2.17. The van der Waals surface area contributed by atoms with Crippen molar-refractivity contribution in [1.29, 1.82) is 0 Å². The van der Waals surface area contributed by atoms with E-state index in [-0.39, 0.29) is 0 Å². The fourth-order valence-corrected chi connectivity index (χ4v) is 2.67. The third-order valence-corrected chi connectivity index (χ3v) is 3.69. The number of nitrogens with zero attached hydrogens (tertiary/aromatic N) is 3. The summed E-state index contributed by atoms with van der Waals surface area (Å²) in [7, 11) is 3.77. The molecular formula is C14H20N4O. The minimum Gasteiger partial charge on any atom is -0.494 e. The second-order valence-electron chi connectivity index (χ2n) is 4.89. The molecule has 0 saturated carbocycles. The van der Waals surface area contributed by atoms with Crippen molar-refractivity contribution in [3.05, 3.63) is 18.2 Å². The summed E-state index contributed by atoms with van der Waals surface area (Å²) in [6, 6.07) is 6.06. The third-order valence-electron chi connectivity index (χ3n) is 3.69. The normalized spacial score (nSPS) is 16.6. The van der Waals surface area contributed by atoms with Gasteiger partial charge >= 0.3 is 0 Å². The minimum absolute atomic E-state index is 0.840. The van der Waals surface area contributed by atoms with Crippen LogP contribution in [0, 0.1) is 0 Å². The van der Waals surface area contributed by atoms with E-state index < -0.39 is 0 Å². The van der Waals surface area contributed by atoms with Crippen LogP contribution in [0.15, 0.2) is 18.2 Å². The lowest BCUT2D eigenvalue weighted by Gasteiger charge is -2.20. The van der Waals surface area contributed by atoms with Gasteiger partial charge in [-0.2, -0.15) is 0 Å². The lowest BCUT2D eigenvalue weighted by Crippen LogP contribution is -2.29. The van der Waals surface area contributed by atoms with Crippen LogP contribution >= 0.6 is 0 Å². The number of rotatable bonds is 2.